The predicted molar refractivity (Wildman–Crippen MR) is 82.5 cm³/mol. The fourth-order valence-corrected chi connectivity index (χ4v) is 3.10. The fraction of sp³-hybridized carbons (Fsp3) is 0.294. The lowest BCUT2D eigenvalue weighted by Crippen LogP contribution is -2.37. The van der Waals surface area contributed by atoms with Gasteiger partial charge in [-0.2, -0.15) is 0 Å². The van der Waals surface area contributed by atoms with Gasteiger partial charge in [0, 0.05) is 11.5 Å². The maximum Gasteiger partial charge on any atom is 0.123 e. The second kappa shape index (κ2) is 5.76. The summed E-state index contributed by atoms with van der Waals surface area (Å²) in [4.78, 5) is 0. The van der Waals surface area contributed by atoms with Gasteiger partial charge in [-0.3, -0.25) is 11.3 Å². The highest BCUT2D eigenvalue weighted by Gasteiger charge is 2.34. The molecule has 21 heavy (non-hydrogen) atoms. The number of hydrogen-bond acceptors (Lipinski definition) is 4. The predicted octanol–water partition coefficient (Wildman–Crippen LogP) is 2.55. The van der Waals surface area contributed by atoms with Crippen molar-refractivity contribution in [3.63, 3.8) is 0 Å². The average molecular weight is 284 g/mol. The molecule has 2 unspecified atom stereocenters. The van der Waals surface area contributed by atoms with E-state index in [0.29, 0.717) is 5.92 Å². The van der Waals surface area contributed by atoms with Crippen molar-refractivity contribution in [3.05, 3.63) is 59.2 Å². The van der Waals surface area contributed by atoms with Crippen molar-refractivity contribution < 1.29 is 9.47 Å². The molecule has 1 aliphatic carbocycles. The molecule has 110 valence electrons. The first-order valence-electron chi connectivity index (χ1n) is 7.04. The molecule has 0 bridgehead atoms. The van der Waals surface area contributed by atoms with Gasteiger partial charge in [0.2, 0.25) is 0 Å². The molecule has 0 aliphatic heterocycles. The number of ether oxygens (including phenoxy) is 2. The number of hydrazine groups is 1. The minimum Gasteiger partial charge on any atom is -0.497 e. The first-order valence-corrected chi connectivity index (χ1v) is 7.04. The van der Waals surface area contributed by atoms with Gasteiger partial charge in [0.05, 0.1) is 20.3 Å². The Labute approximate surface area is 124 Å². The number of methoxy groups -OCH3 is 2. The zero-order valence-corrected chi connectivity index (χ0v) is 12.3. The van der Waals surface area contributed by atoms with Gasteiger partial charge in [-0.05, 0) is 35.7 Å². The molecule has 0 saturated heterocycles. The highest BCUT2D eigenvalue weighted by atomic mass is 16.5. The molecule has 2 aromatic carbocycles. The molecule has 4 nitrogen and oxygen atoms in total. The SMILES string of the molecule is COc1ccc(OC)c(C(NN)C2Cc3ccccc32)c1. The zero-order chi connectivity index (χ0) is 14.8. The van der Waals surface area contributed by atoms with E-state index in [4.69, 9.17) is 15.3 Å². The van der Waals surface area contributed by atoms with E-state index >= 15 is 0 Å². The Morgan fingerprint density at radius 2 is 1.95 bits per heavy atom. The Morgan fingerprint density at radius 3 is 2.62 bits per heavy atom. The molecule has 0 fully saturated rings. The molecule has 0 amide bonds. The molecule has 3 N–H and O–H groups in total. The Kier molecular flexibility index (Phi) is 3.82. The Bertz CT molecular complexity index is 642. The summed E-state index contributed by atoms with van der Waals surface area (Å²) in [7, 11) is 3.34. The van der Waals surface area contributed by atoms with Crippen LogP contribution in [0.1, 0.15) is 28.7 Å². The summed E-state index contributed by atoms with van der Waals surface area (Å²) in [5.41, 5.74) is 6.72. The molecular formula is C17H20N2O2. The number of fused-ring (bicyclic) bond motifs is 1. The summed E-state index contributed by atoms with van der Waals surface area (Å²) in [5, 5.41) is 0. The third kappa shape index (κ3) is 2.37. The lowest BCUT2D eigenvalue weighted by molar-refractivity contribution is 0.368. The Morgan fingerprint density at radius 1 is 1.14 bits per heavy atom. The van der Waals surface area contributed by atoms with Crippen molar-refractivity contribution in [1.29, 1.82) is 0 Å². The third-order valence-electron chi connectivity index (χ3n) is 4.25. The molecule has 0 heterocycles. The van der Waals surface area contributed by atoms with Gasteiger partial charge in [-0.1, -0.05) is 24.3 Å². The van der Waals surface area contributed by atoms with E-state index in [9.17, 15) is 0 Å². The van der Waals surface area contributed by atoms with E-state index in [2.05, 4.69) is 29.7 Å². The molecule has 2 aromatic rings. The lowest BCUT2D eigenvalue weighted by Gasteiger charge is -2.37. The van der Waals surface area contributed by atoms with Crippen molar-refractivity contribution in [1.82, 2.24) is 5.43 Å². The van der Waals surface area contributed by atoms with Gasteiger partial charge in [-0.15, -0.1) is 0 Å². The van der Waals surface area contributed by atoms with Gasteiger partial charge in [0.1, 0.15) is 11.5 Å². The maximum absolute atomic E-state index is 5.84. The smallest absolute Gasteiger partial charge is 0.123 e. The number of nitrogens with one attached hydrogen (secondary N) is 1. The van der Waals surface area contributed by atoms with E-state index in [1.165, 1.54) is 11.1 Å². The van der Waals surface area contributed by atoms with Gasteiger partial charge in [0.15, 0.2) is 0 Å². The Hall–Kier alpha value is -2.04. The van der Waals surface area contributed by atoms with Crippen LogP contribution in [0.15, 0.2) is 42.5 Å². The summed E-state index contributed by atoms with van der Waals surface area (Å²) in [5.74, 6) is 7.82. The van der Waals surface area contributed by atoms with Crippen molar-refractivity contribution in [2.45, 2.75) is 18.4 Å². The summed E-state index contributed by atoms with van der Waals surface area (Å²) in [6, 6.07) is 14.3. The van der Waals surface area contributed by atoms with E-state index in [-0.39, 0.29) is 6.04 Å². The van der Waals surface area contributed by atoms with Crippen LogP contribution in [0.2, 0.25) is 0 Å². The summed E-state index contributed by atoms with van der Waals surface area (Å²) in [6.07, 6.45) is 1.02. The normalized spacial score (nSPS) is 17.6. The van der Waals surface area contributed by atoms with E-state index < -0.39 is 0 Å². The molecule has 0 spiro atoms. The van der Waals surface area contributed by atoms with Crippen LogP contribution < -0.4 is 20.7 Å². The Balaban J connectivity index is 1.98. The monoisotopic (exact) mass is 284 g/mol. The average Bonchev–Trinajstić information content (AvgIpc) is 2.52. The number of benzene rings is 2. The second-order valence-electron chi connectivity index (χ2n) is 5.26. The second-order valence-corrected chi connectivity index (χ2v) is 5.26. The zero-order valence-electron chi connectivity index (χ0n) is 12.3. The quantitative estimate of drug-likeness (QED) is 0.654. The van der Waals surface area contributed by atoms with Crippen molar-refractivity contribution in [2.24, 2.45) is 5.84 Å². The number of rotatable bonds is 5. The lowest BCUT2D eigenvalue weighted by atomic mass is 9.72. The van der Waals surface area contributed by atoms with Gasteiger partial charge in [-0.25, -0.2) is 0 Å². The van der Waals surface area contributed by atoms with Crippen molar-refractivity contribution >= 4 is 0 Å². The molecule has 4 heteroatoms. The van der Waals surface area contributed by atoms with Crippen molar-refractivity contribution in [2.75, 3.05) is 14.2 Å². The van der Waals surface area contributed by atoms with Crippen LogP contribution in [0.3, 0.4) is 0 Å². The first-order chi connectivity index (χ1) is 10.3. The minimum atomic E-state index is 0.00458. The van der Waals surface area contributed by atoms with Crippen LogP contribution in [0.25, 0.3) is 0 Å². The summed E-state index contributed by atoms with van der Waals surface area (Å²) >= 11 is 0. The highest BCUT2D eigenvalue weighted by Crippen LogP contribution is 2.45. The molecule has 1 aliphatic rings. The summed E-state index contributed by atoms with van der Waals surface area (Å²) in [6.45, 7) is 0. The standard InChI is InChI=1S/C17H20N2O2/c1-20-12-7-8-16(21-2)15(10-12)17(19-18)14-9-11-5-3-4-6-13(11)14/h3-8,10,14,17,19H,9,18H2,1-2H3. The van der Waals surface area contributed by atoms with Crippen LogP contribution >= 0.6 is 0 Å². The summed E-state index contributed by atoms with van der Waals surface area (Å²) < 4.78 is 10.8. The minimum absolute atomic E-state index is 0.00458. The van der Waals surface area contributed by atoms with Crippen molar-refractivity contribution in [3.8, 4) is 11.5 Å². The van der Waals surface area contributed by atoms with Gasteiger partial charge >= 0.3 is 0 Å². The van der Waals surface area contributed by atoms with Crippen LogP contribution in [-0.4, -0.2) is 14.2 Å². The molecular weight excluding hydrogens is 264 g/mol. The maximum atomic E-state index is 5.84. The largest absolute Gasteiger partial charge is 0.497 e. The number of hydrogen-bond donors (Lipinski definition) is 2. The van der Waals surface area contributed by atoms with E-state index in [1.54, 1.807) is 14.2 Å². The third-order valence-corrected chi connectivity index (χ3v) is 4.25. The highest BCUT2D eigenvalue weighted by molar-refractivity contribution is 5.48. The van der Waals surface area contributed by atoms with Crippen LogP contribution in [0, 0.1) is 0 Å². The molecule has 0 radical (unpaired) electrons. The first kappa shape index (κ1) is 13.9. The van der Waals surface area contributed by atoms with Gasteiger partial charge < -0.3 is 9.47 Å². The van der Waals surface area contributed by atoms with E-state index in [1.807, 2.05) is 18.2 Å². The van der Waals surface area contributed by atoms with Gasteiger partial charge in [0.25, 0.3) is 0 Å². The van der Waals surface area contributed by atoms with Crippen LogP contribution in [0.5, 0.6) is 11.5 Å². The molecule has 0 saturated carbocycles. The van der Waals surface area contributed by atoms with E-state index in [0.717, 1.165) is 23.5 Å². The molecule has 0 aromatic heterocycles. The van der Waals surface area contributed by atoms with Crippen LogP contribution in [0.4, 0.5) is 0 Å². The number of nitrogens with two attached hydrogens (primary N) is 1. The fourth-order valence-electron chi connectivity index (χ4n) is 3.10. The molecule has 3 rings (SSSR count). The topological polar surface area (TPSA) is 56.5 Å². The van der Waals surface area contributed by atoms with Crippen LogP contribution in [-0.2, 0) is 6.42 Å². The molecule has 2 atom stereocenters.